The van der Waals surface area contributed by atoms with Crippen molar-refractivity contribution >= 4 is 39.2 Å². The topological polar surface area (TPSA) is 86.4 Å². The molecule has 7 nitrogen and oxygen atoms in total. The zero-order valence-electron chi connectivity index (χ0n) is 15.5. The third kappa shape index (κ3) is 4.31. The fourth-order valence-corrected chi connectivity index (χ4v) is 4.89. The number of furan rings is 1. The standard InChI is InChI=1S/C19H21N3O4S2/c1-12-8-15-17(28-12)21-19(22(18(15)24)10-14-5-3-7-26-14)27-11-16(23)20-9-13-4-2-6-25-13/h3,5,7-8,13H,2,4,6,9-11H2,1H3,(H,20,23)/t13-/m1/s1. The molecule has 0 radical (unpaired) electrons. The van der Waals surface area contributed by atoms with Gasteiger partial charge in [-0.3, -0.25) is 14.2 Å². The summed E-state index contributed by atoms with van der Waals surface area (Å²) in [7, 11) is 0. The van der Waals surface area contributed by atoms with Crippen molar-refractivity contribution in [1.82, 2.24) is 14.9 Å². The number of carbonyl (C=O) groups is 1. The van der Waals surface area contributed by atoms with Crippen LogP contribution in [0.15, 0.2) is 38.8 Å². The van der Waals surface area contributed by atoms with E-state index in [1.807, 2.05) is 19.1 Å². The molecule has 3 aromatic heterocycles. The van der Waals surface area contributed by atoms with Gasteiger partial charge in [0.15, 0.2) is 5.16 Å². The van der Waals surface area contributed by atoms with E-state index >= 15 is 0 Å². The number of aromatic nitrogens is 2. The molecule has 0 bridgehead atoms. The van der Waals surface area contributed by atoms with Gasteiger partial charge in [0, 0.05) is 18.0 Å². The van der Waals surface area contributed by atoms with E-state index in [2.05, 4.69) is 10.3 Å². The minimum absolute atomic E-state index is 0.0956. The maximum Gasteiger partial charge on any atom is 0.263 e. The Morgan fingerprint density at radius 1 is 1.50 bits per heavy atom. The summed E-state index contributed by atoms with van der Waals surface area (Å²) >= 11 is 2.74. The Balaban J connectivity index is 1.52. The van der Waals surface area contributed by atoms with Crippen molar-refractivity contribution < 1.29 is 13.9 Å². The van der Waals surface area contributed by atoms with Gasteiger partial charge in [-0.25, -0.2) is 4.98 Å². The van der Waals surface area contributed by atoms with Crippen molar-refractivity contribution in [3.63, 3.8) is 0 Å². The summed E-state index contributed by atoms with van der Waals surface area (Å²) in [5.74, 6) is 0.759. The van der Waals surface area contributed by atoms with Crippen molar-refractivity contribution in [3.05, 3.63) is 45.5 Å². The van der Waals surface area contributed by atoms with Crippen molar-refractivity contribution in [2.24, 2.45) is 0 Å². The number of hydrogen-bond acceptors (Lipinski definition) is 7. The molecule has 4 heterocycles. The van der Waals surface area contributed by atoms with E-state index < -0.39 is 0 Å². The normalized spacial score (nSPS) is 16.7. The van der Waals surface area contributed by atoms with Crippen molar-refractivity contribution in [2.75, 3.05) is 18.9 Å². The summed E-state index contributed by atoms with van der Waals surface area (Å²) in [6.07, 6.45) is 3.70. The van der Waals surface area contributed by atoms with Crippen LogP contribution < -0.4 is 10.9 Å². The molecule has 1 aliphatic heterocycles. The molecular formula is C19H21N3O4S2. The lowest BCUT2D eigenvalue weighted by Gasteiger charge is -2.12. The van der Waals surface area contributed by atoms with Gasteiger partial charge in [0.25, 0.3) is 5.56 Å². The summed E-state index contributed by atoms with van der Waals surface area (Å²) in [4.78, 5) is 31.6. The van der Waals surface area contributed by atoms with Gasteiger partial charge in [-0.2, -0.15) is 0 Å². The summed E-state index contributed by atoms with van der Waals surface area (Å²) in [6.45, 7) is 3.52. The van der Waals surface area contributed by atoms with Crippen LogP contribution in [0.4, 0.5) is 0 Å². The molecule has 0 aliphatic carbocycles. The fourth-order valence-electron chi connectivity index (χ4n) is 3.14. The molecule has 1 amide bonds. The molecule has 3 aromatic rings. The molecule has 4 rings (SSSR count). The van der Waals surface area contributed by atoms with Gasteiger partial charge in [0.1, 0.15) is 10.6 Å². The van der Waals surface area contributed by atoms with Gasteiger partial charge in [-0.05, 0) is 38.0 Å². The maximum absolute atomic E-state index is 13.0. The minimum atomic E-state index is -0.118. The number of hydrogen-bond donors (Lipinski definition) is 1. The van der Waals surface area contributed by atoms with Crippen LogP contribution in [0.5, 0.6) is 0 Å². The van der Waals surface area contributed by atoms with Gasteiger partial charge in [0.05, 0.1) is 30.1 Å². The second kappa shape index (κ2) is 8.50. The molecule has 0 aromatic carbocycles. The maximum atomic E-state index is 13.0. The van der Waals surface area contributed by atoms with E-state index in [-0.39, 0.29) is 29.9 Å². The van der Waals surface area contributed by atoms with Crippen LogP contribution in [0.2, 0.25) is 0 Å². The van der Waals surface area contributed by atoms with Crippen molar-refractivity contribution in [1.29, 1.82) is 0 Å². The fraction of sp³-hybridized carbons (Fsp3) is 0.421. The number of carbonyl (C=O) groups excluding carboxylic acids is 1. The van der Waals surface area contributed by atoms with Crippen LogP contribution in [-0.2, 0) is 16.1 Å². The van der Waals surface area contributed by atoms with Crippen LogP contribution in [0.1, 0.15) is 23.5 Å². The SMILES string of the molecule is Cc1cc2c(=O)n(Cc3ccco3)c(SCC(=O)NC[C@H]3CCCO3)nc2s1. The van der Waals surface area contributed by atoms with Gasteiger partial charge >= 0.3 is 0 Å². The highest BCUT2D eigenvalue weighted by atomic mass is 32.2. The Morgan fingerprint density at radius 3 is 3.14 bits per heavy atom. The van der Waals surface area contributed by atoms with Crippen molar-refractivity contribution in [2.45, 2.75) is 37.6 Å². The smallest absolute Gasteiger partial charge is 0.263 e. The quantitative estimate of drug-likeness (QED) is 0.468. The molecule has 148 valence electrons. The molecule has 0 spiro atoms. The first kappa shape index (κ1) is 19.2. The third-order valence-corrected chi connectivity index (χ3v) is 6.44. The average molecular weight is 420 g/mol. The van der Waals surface area contributed by atoms with Gasteiger partial charge in [0.2, 0.25) is 5.91 Å². The zero-order valence-corrected chi connectivity index (χ0v) is 17.1. The molecule has 1 fully saturated rings. The second-order valence-electron chi connectivity index (χ2n) is 6.67. The van der Waals surface area contributed by atoms with E-state index in [1.165, 1.54) is 23.1 Å². The molecule has 28 heavy (non-hydrogen) atoms. The van der Waals surface area contributed by atoms with E-state index in [0.717, 1.165) is 24.3 Å². The number of nitrogens with one attached hydrogen (secondary N) is 1. The largest absolute Gasteiger partial charge is 0.467 e. The number of rotatable bonds is 7. The molecular weight excluding hydrogens is 398 g/mol. The van der Waals surface area contributed by atoms with E-state index in [9.17, 15) is 9.59 Å². The highest BCUT2D eigenvalue weighted by molar-refractivity contribution is 7.99. The molecule has 1 N–H and O–H groups in total. The first-order valence-corrected chi connectivity index (χ1v) is 10.9. The minimum Gasteiger partial charge on any atom is -0.467 e. The van der Waals surface area contributed by atoms with E-state index in [1.54, 1.807) is 16.9 Å². The Kier molecular flexibility index (Phi) is 5.84. The molecule has 1 saturated heterocycles. The monoisotopic (exact) mass is 419 g/mol. The summed E-state index contributed by atoms with van der Waals surface area (Å²) in [5.41, 5.74) is -0.118. The molecule has 1 aliphatic rings. The van der Waals surface area contributed by atoms with Crippen LogP contribution in [0, 0.1) is 6.92 Å². The number of aryl methyl sites for hydroxylation is 1. The van der Waals surface area contributed by atoms with Gasteiger partial charge in [-0.1, -0.05) is 11.8 Å². The average Bonchev–Trinajstić information content (AvgIpc) is 3.42. The summed E-state index contributed by atoms with van der Waals surface area (Å²) < 4.78 is 12.5. The highest BCUT2D eigenvalue weighted by Crippen LogP contribution is 2.24. The first-order valence-electron chi connectivity index (χ1n) is 9.14. The lowest BCUT2D eigenvalue weighted by Crippen LogP contribution is -2.33. The number of thioether (sulfide) groups is 1. The third-order valence-electron chi connectivity index (χ3n) is 4.52. The van der Waals surface area contributed by atoms with Crippen LogP contribution in [0.3, 0.4) is 0 Å². The highest BCUT2D eigenvalue weighted by Gasteiger charge is 2.18. The number of ether oxygens (including phenoxy) is 1. The molecule has 9 heteroatoms. The molecule has 0 saturated carbocycles. The summed E-state index contributed by atoms with van der Waals surface area (Å²) in [5, 5.41) is 4.01. The lowest BCUT2D eigenvalue weighted by molar-refractivity contribution is -0.119. The second-order valence-corrected chi connectivity index (χ2v) is 8.85. The van der Waals surface area contributed by atoms with Crippen LogP contribution in [0.25, 0.3) is 10.2 Å². The number of fused-ring (bicyclic) bond motifs is 1. The lowest BCUT2D eigenvalue weighted by atomic mass is 10.2. The zero-order chi connectivity index (χ0) is 19.5. The molecule has 0 unspecified atom stereocenters. The number of thiophene rings is 1. The Labute approximate surface area is 170 Å². The summed E-state index contributed by atoms with van der Waals surface area (Å²) in [6, 6.07) is 5.46. The Hall–Kier alpha value is -2.10. The number of amides is 1. The van der Waals surface area contributed by atoms with E-state index in [4.69, 9.17) is 9.15 Å². The van der Waals surface area contributed by atoms with Crippen LogP contribution in [-0.4, -0.2) is 40.5 Å². The van der Waals surface area contributed by atoms with Gasteiger partial charge < -0.3 is 14.5 Å². The first-order chi connectivity index (χ1) is 13.6. The Morgan fingerprint density at radius 2 is 2.39 bits per heavy atom. The van der Waals surface area contributed by atoms with Gasteiger partial charge in [-0.15, -0.1) is 11.3 Å². The predicted molar refractivity (Wildman–Crippen MR) is 109 cm³/mol. The Bertz CT molecular complexity index is 1020. The van der Waals surface area contributed by atoms with Crippen molar-refractivity contribution in [3.8, 4) is 0 Å². The predicted octanol–water partition coefficient (Wildman–Crippen LogP) is 2.80. The molecule has 1 atom stereocenters. The van der Waals surface area contributed by atoms with E-state index in [0.29, 0.717) is 27.7 Å². The number of nitrogens with zero attached hydrogens (tertiary/aromatic N) is 2. The van der Waals surface area contributed by atoms with Crippen LogP contribution >= 0.6 is 23.1 Å².